The molecule has 134 valence electrons. The lowest BCUT2D eigenvalue weighted by Gasteiger charge is -2.23. The molecule has 2 aromatic rings. The summed E-state index contributed by atoms with van der Waals surface area (Å²) in [4.78, 5) is 16.2. The maximum Gasteiger partial charge on any atom is 0.230 e. The molecule has 1 amide bonds. The number of carbonyl (C=O) groups is 1. The monoisotopic (exact) mass is 384 g/mol. The van der Waals surface area contributed by atoms with E-state index in [1.807, 2.05) is 0 Å². The van der Waals surface area contributed by atoms with E-state index in [1.165, 1.54) is 6.07 Å². The summed E-state index contributed by atoms with van der Waals surface area (Å²) in [6.45, 7) is 1.73. The van der Waals surface area contributed by atoms with Gasteiger partial charge in [0, 0.05) is 0 Å². The van der Waals surface area contributed by atoms with E-state index in [2.05, 4.69) is 20.5 Å². The molecule has 10 heteroatoms. The molecule has 0 bridgehead atoms. The van der Waals surface area contributed by atoms with Gasteiger partial charge in [0.1, 0.15) is 5.82 Å². The summed E-state index contributed by atoms with van der Waals surface area (Å²) in [7, 11) is -3.08. The highest BCUT2D eigenvalue weighted by Crippen LogP contribution is 2.24. The van der Waals surface area contributed by atoms with Gasteiger partial charge < -0.3 is 5.32 Å². The molecular weight excluding hydrogens is 367 g/mol. The van der Waals surface area contributed by atoms with Crippen LogP contribution in [-0.4, -0.2) is 52.3 Å². The molecule has 0 unspecified atom stereocenters. The van der Waals surface area contributed by atoms with Gasteiger partial charge in [-0.2, -0.15) is 0 Å². The van der Waals surface area contributed by atoms with Crippen molar-refractivity contribution < 1.29 is 17.6 Å². The molecule has 1 atom stereocenters. The van der Waals surface area contributed by atoms with Gasteiger partial charge in [0.25, 0.3) is 0 Å². The number of hydrogen-bond acceptors (Lipinski definition) is 6. The summed E-state index contributed by atoms with van der Waals surface area (Å²) >= 11 is 1.09. The molecule has 1 aromatic heterocycles. The average Bonchev–Trinajstić information content (AvgIpc) is 3.10. The molecule has 25 heavy (non-hydrogen) atoms. The van der Waals surface area contributed by atoms with Crippen LogP contribution in [0.3, 0.4) is 0 Å². The van der Waals surface area contributed by atoms with E-state index >= 15 is 0 Å². The number of H-pyrrole nitrogens is 1. The van der Waals surface area contributed by atoms with Crippen LogP contribution in [0.25, 0.3) is 11.4 Å². The Labute approximate surface area is 148 Å². The number of nitrogens with zero attached hydrogens (tertiary/aromatic N) is 2. The quantitative estimate of drug-likeness (QED) is 0.755. The second-order valence-electron chi connectivity index (χ2n) is 6.19. The van der Waals surface area contributed by atoms with Crippen LogP contribution in [0.15, 0.2) is 29.4 Å². The number of aromatic nitrogens is 3. The predicted molar refractivity (Wildman–Crippen MR) is 92.3 cm³/mol. The van der Waals surface area contributed by atoms with Crippen molar-refractivity contribution >= 4 is 27.5 Å². The SMILES string of the molecule is C[C@@]1(NC(=O)CSc2n[nH]c(-c3ccccc3F)n2)CCS(=O)(=O)C1. The summed E-state index contributed by atoms with van der Waals surface area (Å²) in [6.07, 6.45) is 0.407. The van der Waals surface area contributed by atoms with Gasteiger partial charge in [-0.15, -0.1) is 5.10 Å². The van der Waals surface area contributed by atoms with Crippen LogP contribution in [0.1, 0.15) is 13.3 Å². The molecule has 1 saturated heterocycles. The first-order chi connectivity index (χ1) is 11.8. The minimum absolute atomic E-state index is 0.0458. The topological polar surface area (TPSA) is 105 Å². The highest BCUT2D eigenvalue weighted by atomic mass is 32.2. The largest absolute Gasteiger partial charge is 0.349 e. The summed E-state index contributed by atoms with van der Waals surface area (Å²) in [5.74, 6) is -0.331. The van der Waals surface area contributed by atoms with Crippen molar-refractivity contribution in [1.29, 1.82) is 0 Å². The smallest absolute Gasteiger partial charge is 0.230 e. The second-order valence-corrected chi connectivity index (χ2v) is 9.31. The Kier molecular flexibility index (Phi) is 4.83. The number of hydrogen-bond donors (Lipinski definition) is 2. The van der Waals surface area contributed by atoms with Crippen molar-refractivity contribution in [2.24, 2.45) is 0 Å². The summed E-state index contributed by atoms with van der Waals surface area (Å²) in [6, 6.07) is 6.18. The Bertz CT molecular complexity index is 900. The van der Waals surface area contributed by atoms with Gasteiger partial charge in [-0.3, -0.25) is 9.89 Å². The van der Waals surface area contributed by atoms with Gasteiger partial charge in [-0.05, 0) is 25.5 Å². The van der Waals surface area contributed by atoms with Gasteiger partial charge in [0.15, 0.2) is 15.7 Å². The van der Waals surface area contributed by atoms with Gasteiger partial charge in [0.05, 0.1) is 28.4 Å². The van der Waals surface area contributed by atoms with Crippen LogP contribution in [0.4, 0.5) is 4.39 Å². The molecule has 1 aliphatic rings. The van der Waals surface area contributed by atoms with Crippen molar-refractivity contribution in [3.8, 4) is 11.4 Å². The van der Waals surface area contributed by atoms with Crippen molar-refractivity contribution in [1.82, 2.24) is 20.5 Å². The van der Waals surface area contributed by atoms with Gasteiger partial charge in [-0.1, -0.05) is 23.9 Å². The molecular formula is C15H17FN4O3S2. The van der Waals surface area contributed by atoms with Gasteiger partial charge in [0.2, 0.25) is 11.1 Å². The first-order valence-corrected chi connectivity index (χ1v) is 10.4. The number of carbonyl (C=O) groups excluding carboxylic acids is 1. The third-order valence-electron chi connectivity index (χ3n) is 3.87. The minimum Gasteiger partial charge on any atom is -0.349 e. The number of nitrogens with one attached hydrogen (secondary N) is 2. The fourth-order valence-corrected chi connectivity index (χ4v) is 5.39. The zero-order valence-electron chi connectivity index (χ0n) is 13.5. The normalized spacial score (nSPS) is 22.0. The van der Waals surface area contributed by atoms with Crippen LogP contribution in [0.5, 0.6) is 0 Å². The lowest BCUT2D eigenvalue weighted by molar-refractivity contribution is -0.120. The Balaban J connectivity index is 1.58. The summed E-state index contributed by atoms with van der Waals surface area (Å²) < 4.78 is 36.8. The molecule has 1 fully saturated rings. The number of thioether (sulfide) groups is 1. The summed E-state index contributed by atoms with van der Waals surface area (Å²) in [5.41, 5.74) is -0.427. The van der Waals surface area contributed by atoms with Gasteiger partial charge in [-0.25, -0.2) is 17.8 Å². The third-order valence-corrected chi connectivity index (χ3v) is 6.62. The van der Waals surface area contributed by atoms with E-state index in [0.717, 1.165) is 11.8 Å². The third kappa shape index (κ3) is 4.37. The maximum atomic E-state index is 13.7. The summed E-state index contributed by atoms with van der Waals surface area (Å²) in [5, 5.41) is 9.69. The predicted octanol–water partition coefficient (Wildman–Crippen LogP) is 1.40. The zero-order chi connectivity index (χ0) is 18.1. The van der Waals surface area contributed by atoms with Crippen LogP contribution in [0, 0.1) is 5.82 Å². The highest BCUT2D eigenvalue weighted by Gasteiger charge is 2.39. The average molecular weight is 384 g/mol. The van der Waals surface area contributed by atoms with E-state index in [0.29, 0.717) is 17.1 Å². The first-order valence-electron chi connectivity index (χ1n) is 7.58. The van der Waals surface area contributed by atoms with Gasteiger partial charge >= 0.3 is 0 Å². The fourth-order valence-electron chi connectivity index (χ4n) is 2.70. The molecule has 2 heterocycles. The van der Waals surface area contributed by atoms with E-state index in [-0.39, 0.29) is 29.0 Å². The number of rotatable bonds is 5. The second kappa shape index (κ2) is 6.75. The lowest BCUT2D eigenvalue weighted by atomic mass is 10.0. The standard InChI is InChI=1S/C15H17FN4O3S2/c1-15(6-7-25(22,23)9-15)18-12(21)8-24-14-17-13(19-20-14)10-4-2-3-5-11(10)16/h2-5H,6-9H2,1H3,(H,18,21)(H,17,19,20)/t15-/m1/s1. The number of aromatic amines is 1. The van der Waals surface area contributed by atoms with E-state index in [1.54, 1.807) is 25.1 Å². The number of halogens is 1. The van der Waals surface area contributed by atoms with Crippen molar-refractivity contribution in [2.75, 3.05) is 17.3 Å². The lowest BCUT2D eigenvalue weighted by Crippen LogP contribution is -2.47. The molecule has 7 nitrogen and oxygen atoms in total. The van der Waals surface area contributed by atoms with Crippen LogP contribution >= 0.6 is 11.8 Å². The molecule has 3 rings (SSSR count). The van der Waals surface area contributed by atoms with Crippen LogP contribution < -0.4 is 5.32 Å². The Morgan fingerprint density at radius 3 is 2.88 bits per heavy atom. The maximum absolute atomic E-state index is 13.7. The van der Waals surface area contributed by atoms with Crippen LogP contribution in [-0.2, 0) is 14.6 Å². The first kappa shape index (κ1) is 17.9. The number of amides is 1. The molecule has 2 N–H and O–H groups in total. The van der Waals surface area contributed by atoms with E-state index in [9.17, 15) is 17.6 Å². The molecule has 0 radical (unpaired) electrons. The van der Waals surface area contributed by atoms with E-state index < -0.39 is 21.2 Å². The molecule has 1 aromatic carbocycles. The molecule has 1 aliphatic heterocycles. The highest BCUT2D eigenvalue weighted by molar-refractivity contribution is 7.99. The number of benzene rings is 1. The Hall–Kier alpha value is -1.94. The molecule has 0 spiro atoms. The van der Waals surface area contributed by atoms with Crippen molar-refractivity contribution in [3.63, 3.8) is 0 Å². The minimum atomic E-state index is -3.08. The van der Waals surface area contributed by atoms with Crippen molar-refractivity contribution in [3.05, 3.63) is 30.1 Å². The Morgan fingerprint density at radius 1 is 1.44 bits per heavy atom. The Morgan fingerprint density at radius 2 is 2.20 bits per heavy atom. The van der Waals surface area contributed by atoms with Crippen molar-refractivity contribution in [2.45, 2.75) is 24.0 Å². The molecule has 0 aliphatic carbocycles. The van der Waals surface area contributed by atoms with E-state index in [4.69, 9.17) is 0 Å². The number of sulfone groups is 1. The van der Waals surface area contributed by atoms with Crippen LogP contribution in [0.2, 0.25) is 0 Å². The fraction of sp³-hybridized carbons (Fsp3) is 0.400. The molecule has 0 saturated carbocycles. The zero-order valence-corrected chi connectivity index (χ0v) is 15.1.